The molecule has 1 atom stereocenters. The molecule has 1 aromatic carbocycles. The maximum absolute atomic E-state index is 2.42. The second kappa shape index (κ2) is 5.95. The van der Waals surface area contributed by atoms with Crippen LogP contribution >= 0.6 is 0 Å². The first-order chi connectivity index (χ1) is 7.23. The fourth-order valence-corrected chi connectivity index (χ4v) is 2.37. The molecule has 15 heavy (non-hydrogen) atoms. The fourth-order valence-electron chi connectivity index (χ4n) is 2.37. The van der Waals surface area contributed by atoms with Crippen molar-refractivity contribution in [3.63, 3.8) is 0 Å². The van der Waals surface area contributed by atoms with E-state index in [1.807, 2.05) is 0 Å². The Hall–Kier alpha value is -0.780. The van der Waals surface area contributed by atoms with Gasteiger partial charge in [-0.25, -0.2) is 0 Å². The number of unbranched alkanes of at least 4 members (excludes halogenated alkanes) is 1. The maximum Gasteiger partial charge on any atom is -0.00754 e. The minimum atomic E-state index is 0.395. The van der Waals surface area contributed by atoms with Crippen molar-refractivity contribution in [2.24, 2.45) is 0 Å². The Morgan fingerprint density at radius 2 is 1.60 bits per heavy atom. The van der Waals surface area contributed by atoms with Crippen LogP contribution in [0.4, 0.5) is 0 Å². The van der Waals surface area contributed by atoms with E-state index in [2.05, 4.69) is 51.1 Å². The first-order valence-electron chi connectivity index (χ1n) is 6.28. The molecule has 0 heteroatoms. The molecule has 1 rings (SSSR count). The number of hydrogen-bond acceptors (Lipinski definition) is 0. The Labute approximate surface area is 94.7 Å². The van der Waals surface area contributed by atoms with E-state index in [9.17, 15) is 0 Å². The van der Waals surface area contributed by atoms with Crippen molar-refractivity contribution in [1.29, 1.82) is 0 Å². The van der Waals surface area contributed by atoms with Crippen LogP contribution < -0.4 is 0 Å². The van der Waals surface area contributed by atoms with Gasteiger partial charge in [0.15, 0.2) is 0 Å². The van der Waals surface area contributed by atoms with Gasteiger partial charge in [0.25, 0.3) is 0 Å². The summed E-state index contributed by atoms with van der Waals surface area (Å²) < 4.78 is 0. The van der Waals surface area contributed by atoms with Crippen LogP contribution in [0.1, 0.15) is 58.4 Å². The van der Waals surface area contributed by atoms with Gasteiger partial charge in [-0.2, -0.15) is 0 Å². The van der Waals surface area contributed by atoms with Gasteiger partial charge in [-0.1, -0.05) is 70.4 Å². The Morgan fingerprint density at radius 1 is 0.933 bits per heavy atom. The summed E-state index contributed by atoms with van der Waals surface area (Å²) in [5.41, 5.74) is 1.91. The minimum Gasteiger partial charge on any atom is -0.0654 e. The summed E-state index contributed by atoms with van der Waals surface area (Å²) in [6.45, 7) is 6.98. The maximum atomic E-state index is 2.42. The molecule has 0 radical (unpaired) electrons. The molecule has 0 spiro atoms. The van der Waals surface area contributed by atoms with Crippen molar-refractivity contribution in [3.8, 4) is 0 Å². The van der Waals surface area contributed by atoms with Gasteiger partial charge in [0.05, 0.1) is 0 Å². The standard InChI is InChI=1S/C15H24/c1-4-6-13-15(3,12-5-2)14-10-8-7-9-11-14/h7-11H,4-6,12-13H2,1-3H3. The minimum absolute atomic E-state index is 0.395. The predicted octanol–water partition coefficient (Wildman–Crippen LogP) is 4.93. The molecular weight excluding hydrogens is 180 g/mol. The summed E-state index contributed by atoms with van der Waals surface area (Å²) in [4.78, 5) is 0. The van der Waals surface area contributed by atoms with E-state index in [1.165, 1.54) is 37.7 Å². The highest BCUT2D eigenvalue weighted by molar-refractivity contribution is 5.24. The van der Waals surface area contributed by atoms with E-state index in [0.29, 0.717) is 5.41 Å². The zero-order valence-corrected chi connectivity index (χ0v) is 10.4. The Bertz CT molecular complexity index is 263. The normalized spacial score (nSPS) is 14.9. The van der Waals surface area contributed by atoms with Crippen LogP contribution in [0.5, 0.6) is 0 Å². The van der Waals surface area contributed by atoms with Crippen LogP contribution in [0, 0.1) is 0 Å². The van der Waals surface area contributed by atoms with Gasteiger partial charge in [0.2, 0.25) is 0 Å². The fraction of sp³-hybridized carbons (Fsp3) is 0.600. The summed E-state index contributed by atoms with van der Waals surface area (Å²) in [6, 6.07) is 11.0. The molecule has 0 fully saturated rings. The number of rotatable bonds is 6. The van der Waals surface area contributed by atoms with Crippen LogP contribution in [0.2, 0.25) is 0 Å². The summed E-state index contributed by atoms with van der Waals surface area (Å²) in [7, 11) is 0. The third-order valence-electron chi connectivity index (χ3n) is 3.35. The third kappa shape index (κ3) is 3.37. The van der Waals surface area contributed by atoms with E-state index < -0.39 is 0 Å². The average Bonchev–Trinajstić information content (AvgIpc) is 2.28. The van der Waals surface area contributed by atoms with Gasteiger partial charge in [-0.05, 0) is 23.8 Å². The van der Waals surface area contributed by atoms with Crippen LogP contribution in [0.3, 0.4) is 0 Å². The molecule has 0 aliphatic rings. The molecule has 84 valence electrons. The molecule has 0 bridgehead atoms. The van der Waals surface area contributed by atoms with Crippen LogP contribution in [0.15, 0.2) is 30.3 Å². The lowest BCUT2D eigenvalue weighted by atomic mass is 9.75. The van der Waals surface area contributed by atoms with Crippen LogP contribution in [0.25, 0.3) is 0 Å². The van der Waals surface area contributed by atoms with Gasteiger partial charge in [-0.3, -0.25) is 0 Å². The van der Waals surface area contributed by atoms with Crippen LogP contribution in [-0.4, -0.2) is 0 Å². The Morgan fingerprint density at radius 3 is 2.13 bits per heavy atom. The topological polar surface area (TPSA) is 0 Å². The molecule has 0 aromatic heterocycles. The molecule has 0 amide bonds. The molecular formula is C15H24. The molecule has 0 saturated heterocycles. The van der Waals surface area contributed by atoms with Crippen LogP contribution in [-0.2, 0) is 5.41 Å². The second-order valence-electron chi connectivity index (χ2n) is 4.78. The van der Waals surface area contributed by atoms with Crippen molar-refractivity contribution in [2.45, 2.75) is 58.3 Å². The zero-order chi connectivity index (χ0) is 11.1. The highest BCUT2D eigenvalue weighted by atomic mass is 14.3. The van der Waals surface area contributed by atoms with E-state index >= 15 is 0 Å². The van der Waals surface area contributed by atoms with E-state index in [0.717, 1.165) is 0 Å². The molecule has 1 unspecified atom stereocenters. The van der Waals surface area contributed by atoms with Crippen molar-refractivity contribution in [3.05, 3.63) is 35.9 Å². The summed E-state index contributed by atoms with van der Waals surface area (Å²) in [5.74, 6) is 0. The lowest BCUT2D eigenvalue weighted by molar-refractivity contribution is 0.383. The third-order valence-corrected chi connectivity index (χ3v) is 3.35. The Kier molecular flexibility index (Phi) is 4.87. The quantitative estimate of drug-likeness (QED) is 0.616. The largest absolute Gasteiger partial charge is 0.0654 e. The smallest absolute Gasteiger partial charge is 0.00754 e. The number of benzene rings is 1. The molecule has 0 aliphatic carbocycles. The average molecular weight is 204 g/mol. The highest BCUT2D eigenvalue weighted by Gasteiger charge is 2.24. The predicted molar refractivity (Wildman–Crippen MR) is 68.2 cm³/mol. The van der Waals surface area contributed by atoms with Gasteiger partial charge in [0.1, 0.15) is 0 Å². The summed E-state index contributed by atoms with van der Waals surface area (Å²) in [5, 5.41) is 0. The van der Waals surface area contributed by atoms with Gasteiger partial charge in [-0.15, -0.1) is 0 Å². The van der Waals surface area contributed by atoms with E-state index in [1.54, 1.807) is 0 Å². The van der Waals surface area contributed by atoms with Gasteiger partial charge >= 0.3 is 0 Å². The molecule has 1 aromatic rings. The zero-order valence-electron chi connectivity index (χ0n) is 10.4. The number of hydrogen-bond donors (Lipinski definition) is 0. The highest BCUT2D eigenvalue weighted by Crippen LogP contribution is 2.33. The van der Waals surface area contributed by atoms with Crippen molar-refractivity contribution < 1.29 is 0 Å². The lowest BCUT2D eigenvalue weighted by Crippen LogP contribution is -2.21. The molecule has 0 saturated carbocycles. The van der Waals surface area contributed by atoms with E-state index in [-0.39, 0.29) is 0 Å². The second-order valence-corrected chi connectivity index (χ2v) is 4.78. The summed E-state index contributed by atoms with van der Waals surface area (Å²) >= 11 is 0. The van der Waals surface area contributed by atoms with Gasteiger partial charge < -0.3 is 0 Å². The van der Waals surface area contributed by atoms with Crippen molar-refractivity contribution >= 4 is 0 Å². The molecule has 0 nitrogen and oxygen atoms in total. The van der Waals surface area contributed by atoms with Gasteiger partial charge in [0, 0.05) is 0 Å². The Balaban J connectivity index is 2.80. The van der Waals surface area contributed by atoms with E-state index in [4.69, 9.17) is 0 Å². The molecule has 0 heterocycles. The molecule has 0 N–H and O–H groups in total. The lowest BCUT2D eigenvalue weighted by Gasteiger charge is -2.30. The SMILES string of the molecule is CCCCC(C)(CCC)c1ccccc1. The monoisotopic (exact) mass is 204 g/mol. The first-order valence-corrected chi connectivity index (χ1v) is 6.28. The summed E-state index contributed by atoms with van der Waals surface area (Å²) in [6.07, 6.45) is 6.53. The molecule has 0 aliphatic heterocycles. The first kappa shape index (κ1) is 12.3. The van der Waals surface area contributed by atoms with Crippen molar-refractivity contribution in [1.82, 2.24) is 0 Å². The van der Waals surface area contributed by atoms with Crippen molar-refractivity contribution in [2.75, 3.05) is 0 Å².